The van der Waals surface area contributed by atoms with Gasteiger partial charge in [0.25, 0.3) is 5.91 Å². The number of hydrogen-bond donors (Lipinski definition) is 3. The number of benzene rings is 1. The molecule has 3 heterocycles. The molecule has 0 fully saturated rings. The highest BCUT2D eigenvalue weighted by molar-refractivity contribution is 6.01. The minimum Gasteiger partial charge on any atom is -0.343 e. The molecule has 25 heavy (non-hydrogen) atoms. The van der Waals surface area contributed by atoms with Gasteiger partial charge in [-0.2, -0.15) is 5.10 Å². The first kappa shape index (κ1) is 15.3. The smallest absolute Gasteiger partial charge is 0.269 e. The number of hydrogen-bond acceptors (Lipinski definition) is 4. The maximum atomic E-state index is 12.4. The fourth-order valence-corrected chi connectivity index (χ4v) is 2.91. The molecule has 0 unspecified atom stereocenters. The average Bonchev–Trinajstić information content (AvgIpc) is 3.26. The molecule has 1 amide bonds. The zero-order valence-electron chi connectivity index (χ0n) is 14.0. The number of imidazole rings is 1. The van der Waals surface area contributed by atoms with Gasteiger partial charge in [0.05, 0.1) is 35.5 Å². The van der Waals surface area contributed by atoms with Crippen LogP contribution in [0.2, 0.25) is 0 Å². The summed E-state index contributed by atoms with van der Waals surface area (Å²) in [7, 11) is 0. The molecule has 7 nitrogen and oxygen atoms in total. The van der Waals surface area contributed by atoms with Crippen LogP contribution in [-0.2, 0) is 6.54 Å². The molecule has 7 heteroatoms. The highest BCUT2D eigenvalue weighted by Crippen LogP contribution is 2.21. The van der Waals surface area contributed by atoms with Crippen molar-refractivity contribution < 1.29 is 4.79 Å². The van der Waals surface area contributed by atoms with Gasteiger partial charge in [-0.05, 0) is 12.0 Å². The lowest BCUT2D eigenvalue weighted by molar-refractivity contribution is 0.0943. The predicted octanol–water partition coefficient (Wildman–Crippen LogP) is 2.89. The molecule has 0 aliphatic rings. The van der Waals surface area contributed by atoms with Crippen molar-refractivity contribution in [2.45, 2.75) is 26.3 Å². The van der Waals surface area contributed by atoms with Gasteiger partial charge in [-0.1, -0.05) is 32.0 Å². The summed E-state index contributed by atoms with van der Waals surface area (Å²) < 4.78 is 0. The second-order valence-electron chi connectivity index (χ2n) is 6.26. The van der Waals surface area contributed by atoms with Crippen LogP contribution in [-0.4, -0.2) is 31.1 Å². The number of carbonyl (C=O) groups excluding carboxylic acids is 1. The molecule has 0 saturated heterocycles. The van der Waals surface area contributed by atoms with E-state index in [0.29, 0.717) is 18.1 Å². The molecule has 4 aromatic rings. The van der Waals surface area contributed by atoms with Crippen LogP contribution in [0.1, 0.15) is 41.6 Å². The van der Waals surface area contributed by atoms with Crippen molar-refractivity contribution in [3.63, 3.8) is 0 Å². The van der Waals surface area contributed by atoms with Crippen molar-refractivity contribution in [2.75, 3.05) is 0 Å². The van der Waals surface area contributed by atoms with Gasteiger partial charge in [-0.3, -0.25) is 14.9 Å². The number of carbonyl (C=O) groups is 1. The summed E-state index contributed by atoms with van der Waals surface area (Å²) in [6.45, 7) is 4.36. The maximum Gasteiger partial charge on any atom is 0.269 e. The van der Waals surface area contributed by atoms with E-state index in [4.69, 9.17) is 0 Å². The van der Waals surface area contributed by atoms with E-state index in [-0.39, 0.29) is 11.8 Å². The Labute approximate surface area is 143 Å². The Bertz CT molecular complexity index is 1060. The molecule has 3 aromatic heterocycles. The quantitative estimate of drug-likeness (QED) is 0.534. The summed E-state index contributed by atoms with van der Waals surface area (Å²) >= 11 is 0. The molecule has 0 spiro atoms. The zero-order valence-corrected chi connectivity index (χ0v) is 14.0. The van der Waals surface area contributed by atoms with E-state index in [1.165, 1.54) is 0 Å². The third kappa shape index (κ3) is 2.73. The molecule has 0 aliphatic heterocycles. The van der Waals surface area contributed by atoms with Crippen molar-refractivity contribution in [3.8, 4) is 0 Å². The van der Waals surface area contributed by atoms with Crippen molar-refractivity contribution in [1.29, 1.82) is 0 Å². The highest BCUT2D eigenvalue weighted by Gasteiger charge is 2.16. The Morgan fingerprint density at radius 2 is 2.08 bits per heavy atom. The number of aromatic nitrogens is 5. The van der Waals surface area contributed by atoms with E-state index in [0.717, 1.165) is 27.5 Å². The first-order valence-corrected chi connectivity index (χ1v) is 8.17. The molecule has 1 aromatic carbocycles. The normalized spacial score (nSPS) is 11.5. The molecule has 0 radical (unpaired) electrons. The zero-order chi connectivity index (χ0) is 17.4. The van der Waals surface area contributed by atoms with Crippen LogP contribution in [0, 0.1) is 0 Å². The van der Waals surface area contributed by atoms with E-state index in [1.54, 1.807) is 12.4 Å². The molecule has 126 valence electrons. The first-order valence-electron chi connectivity index (χ1n) is 8.17. The van der Waals surface area contributed by atoms with Crippen LogP contribution in [0.4, 0.5) is 0 Å². The summed E-state index contributed by atoms with van der Waals surface area (Å²) in [5.74, 6) is 0.722. The summed E-state index contributed by atoms with van der Waals surface area (Å²) in [4.78, 5) is 24.6. The van der Waals surface area contributed by atoms with Gasteiger partial charge in [-0.15, -0.1) is 0 Å². The van der Waals surface area contributed by atoms with Crippen LogP contribution in [0.5, 0.6) is 0 Å². The number of aromatic amines is 2. The third-order valence-electron chi connectivity index (χ3n) is 4.21. The van der Waals surface area contributed by atoms with Crippen molar-refractivity contribution in [3.05, 3.63) is 53.7 Å². The maximum absolute atomic E-state index is 12.4. The number of nitrogens with one attached hydrogen (secondary N) is 3. The van der Waals surface area contributed by atoms with Crippen LogP contribution in [0.3, 0.4) is 0 Å². The van der Waals surface area contributed by atoms with Crippen molar-refractivity contribution in [1.82, 2.24) is 30.5 Å². The molecular weight excluding hydrogens is 316 g/mol. The summed E-state index contributed by atoms with van der Waals surface area (Å²) in [6.07, 6.45) is 3.46. The Morgan fingerprint density at radius 3 is 2.92 bits per heavy atom. The molecule has 0 bridgehead atoms. The van der Waals surface area contributed by atoms with E-state index < -0.39 is 0 Å². The van der Waals surface area contributed by atoms with Crippen LogP contribution in [0.25, 0.3) is 21.9 Å². The van der Waals surface area contributed by atoms with Gasteiger partial charge in [0.2, 0.25) is 0 Å². The summed E-state index contributed by atoms with van der Waals surface area (Å²) in [6, 6.07) is 7.86. The summed E-state index contributed by atoms with van der Waals surface area (Å²) in [5.41, 5.74) is 4.01. The van der Waals surface area contributed by atoms with Crippen LogP contribution in [0.15, 0.2) is 36.7 Å². The lowest BCUT2D eigenvalue weighted by Gasteiger charge is -2.06. The molecule has 0 aliphatic carbocycles. The third-order valence-corrected chi connectivity index (χ3v) is 4.21. The molecule has 0 atom stereocenters. The standard InChI is InChI=1S/C18H18N6O/c1-10(2)12-7-21-24-17(12)18(25)20-9-15-22-14-8-19-13-6-4-3-5-11(13)16(14)23-15/h3-8,10H,9H2,1-2H3,(H,20,25)(H,21,24)(H,22,23). The molecular formula is C18H18N6O. The number of para-hydroxylation sites is 1. The van der Waals surface area contributed by atoms with E-state index >= 15 is 0 Å². The SMILES string of the molecule is CC(C)c1cn[nH]c1C(=O)NCc1nc2c(cnc3ccccc32)[nH]1. The molecule has 4 rings (SSSR count). The summed E-state index contributed by atoms with van der Waals surface area (Å²) in [5, 5.41) is 10.6. The van der Waals surface area contributed by atoms with Gasteiger partial charge in [0, 0.05) is 10.9 Å². The molecule has 3 N–H and O–H groups in total. The number of nitrogens with zero attached hydrogens (tertiary/aromatic N) is 3. The van der Waals surface area contributed by atoms with E-state index in [1.807, 2.05) is 38.1 Å². The van der Waals surface area contributed by atoms with Crippen LogP contribution < -0.4 is 5.32 Å². The first-order chi connectivity index (χ1) is 12.1. The minimum atomic E-state index is -0.190. The van der Waals surface area contributed by atoms with Crippen LogP contribution >= 0.6 is 0 Å². The lowest BCUT2D eigenvalue weighted by atomic mass is 10.0. The van der Waals surface area contributed by atoms with Gasteiger partial charge in [0.15, 0.2) is 0 Å². The number of amides is 1. The van der Waals surface area contributed by atoms with Gasteiger partial charge in [-0.25, -0.2) is 4.98 Å². The van der Waals surface area contributed by atoms with Gasteiger partial charge in [0.1, 0.15) is 11.5 Å². The van der Waals surface area contributed by atoms with E-state index in [2.05, 4.69) is 30.5 Å². The molecule has 0 saturated carbocycles. The Morgan fingerprint density at radius 1 is 1.24 bits per heavy atom. The van der Waals surface area contributed by atoms with Gasteiger partial charge >= 0.3 is 0 Å². The number of rotatable bonds is 4. The monoisotopic (exact) mass is 334 g/mol. The number of pyridine rings is 1. The second-order valence-corrected chi connectivity index (χ2v) is 6.26. The Hall–Kier alpha value is -3.22. The topological polar surface area (TPSA) is 99.3 Å². The lowest BCUT2D eigenvalue weighted by Crippen LogP contribution is -2.25. The minimum absolute atomic E-state index is 0.190. The number of H-pyrrole nitrogens is 2. The van der Waals surface area contributed by atoms with Crippen molar-refractivity contribution >= 4 is 27.8 Å². The van der Waals surface area contributed by atoms with Crippen molar-refractivity contribution in [2.24, 2.45) is 0 Å². The fourth-order valence-electron chi connectivity index (χ4n) is 2.91. The Kier molecular flexibility index (Phi) is 3.68. The van der Waals surface area contributed by atoms with E-state index in [9.17, 15) is 4.79 Å². The highest BCUT2D eigenvalue weighted by atomic mass is 16.1. The largest absolute Gasteiger partial charge is 0.343 e. The predicted molar refractivity (Wildman–Crippen MR) is 95.2 cm³/mol. The number of fused-ring (bicyclic) bond motifs is 3. The second kappa shape index (κ2) is 6.01. The average molecular weight is 334 g/mol. The Balaban J connectivity index is 1.58. The fraction of sp³-hybridized carbons (Fsp3) is 0.222. The van der Waals surface area contributed by atoms with Gasteiger partial charge < -0.3 is 10.3 Å².